The van der Waals surface area contributed by atoms with Crippen LogP contribution in [0.1, 0.15) is 44.4 Å². The van der Waals surface area contributed by atoms with Gasteiger partial charge in [-0.1, -0.05) is 19.8 Å². The quantitative estimate of drug-likeness (QED) is 0.902. The third-order valence-corrected chi connectivity index (χ3v) is 4.61. The van der Waals surface area contributed by atoms with Crippen LogP contribution < -0.4 is 5.73 Å². The van der Waals surface area contributed by atoms with Crippen molar-refractivity contribution >= 4 is 15.9 Å². The van der Waals surface area contributed by atoms with Crippen molar-refractivity contribution in [2.75, 3.05) is 6.54 Å². The smallest absolute Gasteiger partial charge is 0.103 e. The molecule has 18 heavy (non-hydrogen) atoms. The van der Waals surface area contributed by atoms with Crippen LogP contribution in [-0.2, 0) is 0 Å². The molecule has 0 bridgehead atoms. The number of aromatic nitrogens is 1. The van der Waals surface area contributed by atoms with Gasteiger partial charge in [-0.05, 0) is 46.8 Å². The van der Waals surface area contributed by atoms with Crippen molar-refractivity contribution in [2.45, 2.75) is 38.7 Å². The number of nitrogens with zero attached hydrogens (tertiary/aromatic N) is 1. The Hall–Kier alpha value is -0.450. The van der Waals surface area contributed by atoms with Gasteiger partial charge in [0.2, 0.25) is 0 Å². The molecule has 3 N–H and O–H groups in total. The zero-order valence-corrected chi connectivity index (χ0v) is 12.4. The van der Waals surface area contributed by atoms with Crippen LogP contribution in [0.25, 0.3) is 0 Å². The molecule has 4 heteroatoms. The molecule has 1 saturated carbocycles. The molecule has 1 aliphatic rings. The van der Waals surface area contributed by atoms with E-state index < -0.39 is 6.10 Å². The van der Waals surface area contributed by atoms with Crippen LogP contribution >= 0.6 is 15.9 Å². The summed E-state index contributed by atoms with van der Waals surface area (Å²) in [6.45, 7) is 2.77. The molecule has 3 atom stereocenters. The van der Waals surface area contributed by atoms with Crippen molar-refractivity contribution in [2.24, 2.45) is 17.1 Å². The normalized spacial score (nSPS) is 30.1. The molecule has 3 nitrogen and oxygen atoms in total. The number of aliphatic hydroxyl groups excluding tert-OH is 1. The lowest BCUT2D eigenvalue weighted by molar-refractivity contribution is -0.0156. The Balaban J connectivity index is 2.23. The molecular weight excluding hydrogens is 292 g/mol. The molecule has 0 aliphatic heterocycles. The number of pyridine rings is 1. The van der Waals surface area contributed by atoms with Crippen molar-refractivity contribution in [1.82, 2.24) is 4.98 Å². The summed E-state index contributed by atoms with van der Waals surface area (Å²) < 4.78 is 0.928. The topological polar surface area (TPSA) is 59.1 Å². The average Bonchev–Trinajstić information content (AvgIpc) is 2.38. The standard InChI is InChI=1S/C14H21BrN2O/c1-10-3-2-6-14(7-10,9-16)13(18)12-5-4-11(15)8-17-12/h4-5,8,10,13,18H,2-3,6-7,9,16H2,1H3. The third kappa shape index (κ3) is 2.76. The van der Waals surface area contributed by atoms with E-state index >= 15 is 0 Å². The van der Waals surface area contributed by atoms with E-state index in [1.807, 2.05) is 12.1 Å². The number of halogens is 1. The van der Waals surface area contributed by atoms with E-state index in [0.717, 1.165) is 29.4 Å². The van der Waals surface area contributed by atoms with E-state index in [9.17, 15) is 5.11 Å². The van der Waals surface area contributed by atoms with Crippen molar-refractivity contribution < 1.29 is 5.11 Å². The lowest BCUT2D eigenvalue weighted by Crippen LogP contribution is -2.40. The number of hydrogen-bond acceptors (Lipinski definition) is 3. The highest BCUT2D eigenvalue weighted by atomic mass is 79.9. The lowest BCUT2D eigenvalue weighted by Gasteiger charge is -2.42. The molecule has 0 amide bonds. The average molecular weight is 313 g/mol. The highest BCUT2D eigenvalue weighted by Crippen LogP contribution is 2.46. The largest absolute Gasteiger partial charge is 0.386 e. The van der Waals surface area contributed by atoms with E-state index in [4.69, 9.17) is 5.73 Å². The Morgan fingerprint density at radius 2 is 2.39 bits per heavy atom. The van der Waals surface area contributed by atoms with Gasteiger partial charge < -0.3 is 10.8 Å². The van der Waals surface area contributed by atoms with E-state index in [1.54, 1.807) is 6.20 Å². The van der Waals surface area contributed by atoms with E-state index in [1.165, 1.54) is 6.42 Å². The van der Waals surface area contributed by atoms with Crippen molar-refractivity contribution in [3.63, 3.8) is 0 Å². The van der Waals surface area contributed by atoms with Gasteiger partial charge in [-0.2, -0.15) is 0 Å². The molecule has 2 rings (SSSR count). The molecule has 1 aliphatic carbocycles. The second-order valence-corrected chi connectivity index (χ2v) is 6.49. The summed E-state index contributed by atoms with van der Waals surface area (Å²) in [5.74, 6) is 0.632. The van der Waals surface area contributed by atoms with Gasteiger partial charge in [-0.25, -0.2) is 0 Å². The zero-order valence-electron chi connectivity index (χ0n) is 10.8. The Bertz CT molecular complexity index is 395. The minimum Gasteiger partial charge on any atom is -0.386 e. The Morgan fingerprint density at radius 3 is 2.94 bits per heavy atom. The van der Waals surface area contributed by atoms with Gasteiger partial charge in [0.05, 0.1) is 5.69 Å². The lowest BCUT2D eigenvalue weighted by atomic mass is 9.66. The number of aliphatic hydroxyl groups is 1. The molecule has 0 radical (unpaired) electrons. The van der Waals surface area contributed by atoms with Gasteiger partial charge in [-0.3, -0.25) is 4.98 Å². The summed E-state index contributed by atoms with van der Waals surface area (Å²) in [5.41, 5.74) is 6.51. The van der Waals surface area contributed by atoms with Gasteiger partial charge in [0.15, 0.2) is 0 Å². The first kappa shape index (κ1) is 14.0. The first-order chi connectivity index (χ1) is 8.57. The van der Waals surface area contributed by atoms with Gasteiger partial charge in [0.25, 0.3) is 0 Å². The van der Waals surface area contributed by atoms with Crippen molar-refractivity contribution in [3.8, 4) is 0 Å². The second-order valence-electron chi connectivity index (χ2n) is 5.57. The molecular formula is C14H21BrN2O. The van der Waals surface area contributed by atoms with Crippen molar-refractivity contribution in [1.29, 1.82) is 0 Å². The highest BCUT2D eigenvalue weighted by molar-refractivity contribution is 9.10. The maximum atomic E-state index is 10.6. The monoisotopic (exact) mass is 312 g/mol. The highest BCUT2D eigenvalue weighted by Gasteiger charge is 2.41. The van der Waals surface area contributed by atoms with Crippen LogP contribution in [0.2, 0.25) is 0 Å². The molecule has 1 fully saturated rings. The molecule has 0 saturated heterocycles. The molecule has 0 aromatic carbocycles. The van der Waals surface area contributed by atoms with Crippen LogP contribution in [0.5, 0.6) is 0 Å². The summed E-state index contributed by atoms with van der Waals surface area (Å²) in [5, 5.41) is 10.6. The number of nitrogens with two attached hydrogens (primary N) is 1. The van der Waals surface area contributed by atoms with E-state index in [2.05, 4.69) is 27.8 Å². The predicted octanol–water partition coefficient (Wildman–Crippen LogP) is 3.03. The summed E-state index contributed by atoms with van der Waals surface area (Å²) in [6, 6.07) is 3.80. The molecule has 1 aromatic rings. The number of rotatable bonds is 3. The molecule has 1 aromatic heterocycles. The Labute approximate surface area is 117 Å². The van der Waals surface area contributed by atoms with Crippen LogP contribution in [0.3, 0.4) is 0 Å². The summed E-state index contributed by atoms with van der Waals surface area (Å²) in [6.07, 6.45) is 5.54. The molecule has 3 unspecified atom stereocenters. The van der Waals surface area contributed by atoms with Gasteiger partial charge in [-0.15, -0.1) is 0 Å². The van der Waals surface area contributed by atoms with Crippen LogP contribution in [0.4, 0.5) is 0 Å². The third-order valence-electron chi connectivity index (χ3n) is 4.14. The first-order valence-electron chi connectivity index (χ1n) is 6.57. The van der Waals surface area contributed by atoms with Gasteiger partial charge in [0, 0.05) is 22.6 Å². The zero-order chi connectivity index (χ0) is 13.2. The minimum absolute atomic E-state index is 0.196. The maximum absolute atomic E-state index is 10.6. The van der Waals surface area contributed by atoms with E-state index in [0.29, 0.717) is 12.5 Å². The summed E-state index contributed by atoms with van der Waals surface area (Å²) in [7, 11) is 0. The fraction of sp³-hybridized carbons (Fsp3) is 0.643. The molecule has 0 spiro atoms. The maximum Gasteiger partial charge on any atom is 0.103 e. The summed E-state index contributed by atoms with van der Waals surface area (Å²) >= 11 is 3.36. The first-order valence-corrected chi connectivity index (χ1v) is 7.36. The van der Waals surface area contributed by atoms with Crippen LogP contribution in [0.15, 0.2) is 22.8 Å². The number of hydrogen-bond donors (Lipinski definition) is 2. The Kier molecular flexibility index (Phi) is 4.41. The SMILES string of the molecule is CC1CCCC(CN)(C(O)c2ccc(Br)cn2)C1. The van der Waals surface area contributed by atoms with Crippen LogP contribution in [0, 0.1) is 11.3 Å². The van der Waals surface area contributed by atoms with Crippen LogP contribution in [-0.4, -0.2) is 16.6 Å². The summed E-state index contributed by atoms with van der Waals surface area (Å²) in [4.78, 5) is 4.32. The molecule has 100 valence electrons. The van der Waals surface area contributed by atoms with Gasteiger partial charge in [0.1, 0.15) is 6.10 Å². The predicted molar refractivity (Wildman–Crippen MR) is 76.0 cm³/mol. The molecule has 1 heterocycles. The van der Waals surface area contributed by atoms with Gasteiger partial charge >= 0.3 is 0 Å². The van der Waals surface area contributed by atoms with E-state index in [-0.39, 0.29) is 5.41 Å². The fourth-order valence-corrected chi connectivity index (χ4v) is 3.34. The Morgan fingerprint density at radius 1 is 1.61 bits per heavy atom. The fourth-order valence-electron chi connectivity index (χ4n) is 3.11. The minimum atomic E-state index is -0.557. The second kappa shape index (κ2) is 5.68. The van der Waals surface area contributed by atoms with Crippen molar-refractivity contribution in [3.05, 3.63) is 28.5 Å².